The number of nitrogens with zero attached hydrogens (tertiary/aromatic N) is 2. The van der Waals surface area contributed by atoms with Gasteiger partial charge in [-0.15, -0.1) is 0 Å². The van der Waals surface area contributed by atoms with E-state index in [1.54, 1.807) is 6.20 Å². The number of hydrogen-bond donors (Lipinski definition) is 0. The lowest BCUT2D eigenvalue weighted by Crippen LogP contribution is -2.08. The predicted octanol–water partition coefficient (Wildman–Crippen LogP) is 4.95. The van der Waals surface area contributed by atoms with Crippen LogP contribution in [0.3, 0.4) is 0 Å². The van der Waals surface area contributed by atoms with E-state index < -0.39 is 41.5 Å². The van der Waals surface area contributed by atoms with Gasteiger partial charge >= 0.3 is 6.18 Å². The smallest absolute Gasteiger partial charge is 0.416 e. The van der Waals surface area contributed by atoms with Crippen LogP contribution in [-0.4, -0.2) is 9.55 Å². The maximum atomic E-state index is 14.2. The molecule has 2 aromatic carbocycles. The molecule has 0 spiro atoms. The van der Waals surface area contributed by atoms with Gasteiger partial charge in [-0.1, -0.05) is 12.1 Å². The summed E-state index contributed by atoms with van der Waals surface area (Å²) in [5, 5.41) is 0. The number of ether oxygens (including phenoxy) is 1. The maximum absolute atomic E-state index is 14.2. The number of benzene rings is 2. The fourth-order valence-electron chi connectivity index (χ4n) is 2.38. The molecular formula is C18H12F6N2O. The Labute approximate surface area is 149 Å². The van der Waals surface area contributed by atoms with Crippen LogP contribution < -0.4 is 4.74 Å². The molecule has 0 fully saturated rings. The Hall–Kier alpha value is -2.97. The van der Waals surface area contributed by atoms with Crippen molar-refractivity contribution in [3.63, 3.8) is 0 Å². The van der Waals surface area contributed by atoms with Crippen molar-refractivity contribution < 1.29 is 31.1 Å². The summed E-state index contributed by atoms with van der Waals surface area (Å²) in [4.78, 5) is 3.80. The van der Waals surface area contributed by atoms with Crippen molar-refractivity contribution >= 4 is 0 Å². The summed E-state index contributed by atoms with van der Waals surface area (Å²) < 4.78 is 86.2. The minimum atomic E-state index is -4.68. The Morgan fingerprint density at radius 3 is 2.33 bits per heavy atom. The second-order valence-electron chi connectivity index (χ2n) is 5.68. The minimum Gasteiger partial charge on any atom is -0.486 e. The third-order valence-corrected chi connectivity index (χ3v) is 3.80. The molecule has 0 radical (unpaired) electrons. The second-order valence-corrected chi connectivity index (χ2v) is 5.68. The van der Waals surface area contributed by atoms with E-state index >= 15 is 0 Å². The van der Waals surface area contributed by atoms with Crippen molar-refractivity contribution in [3.8, 4) is 5.75 Å². The molecule has 3 aromatic rings. The lowest BCUT2D eigenvalue weighted by atomic mass is 10.1. The molecule has 1 heterocycles. The minimum absolute atomic E-state index is 0.0521. The van der Waals surface area contributed by atoms with Crippen LogP contribution in [0.15, 0.2) is 49.1 Å². The Morgan fingerprint density at radius 1 is 0.963 bits per heavy atom. The molecule has 0 saturated carbocycles. The fourth-order valence-corrected chi connectivity index (χ4v) is 2.38. The molecule has 0 aliphatic rings. The number of aromatic nitrogens is 2. The van der Waals surface area contributed by atoms with E-state index in [2.05, 4.69) is 4.98 Å². The standard InChI is InChI=1S/C18H12F6N2O/c19-14-7-13(18(22,23)24)3-1-12(14)9-27-15-4-2-11(16(20)17(15)21)8-26-6-5-25-10-26/h1-7,10H,8-9H2. The first-order chi connectivity index (χ1) is 12.8. The molecule has 1 aromatic heterocycles. The zero-order valence-corrected chi connectivity index (χ0v) is 13.6. The Kier molecular flexibility index (Phi) is 5.11. The highest BCUT2D eigenvalue weighted by Crippen LogP contribution is 2.31. The first-order valence-corrected chi connectivity index (χ1v) is 7.66. The number of hydrogen-bond acceptors (Lipinski definition) is 2. The maximum Gasteiger partial charge on any atom is 0.416 e. The van der Waals surface area contributed by atoms with E-state index in [-0.39, 0.29) is 17.7 Å². The first-order valence-electron chi connectivity index (χ1n) is 7.66. The fraction of sp³-hybridized carbons (Fsp3) is 0.167. The third-order valence-electron chi connectivity index (χ3n) is 3.80. The Morgan fingerprint density at radius 2 is 1.70 bits per heavy atom. The summed E-state index contributed by atoms with van der Waals surface area (Å²) in [6, 6.07) is 4.38. The van der Waals surface area contributed by atoms with Gasteiger partial charge < -0.3 is 9.30 Å². The SMILES string of the molecule is Fc1cc(C(F)(F)F)ccc1COc1ccc(Cn2ccnc2)c(F)c1F. The largest absolute Gasteiger partial charge is 0.486 e. The van der Waals surface area contributed by atoms with Crippen LogP contribution in [0.1, 0.15) is 16.7 Å². The number of halogens is 6. The van der Waals surface area contributed by atoms with Gasteiger partial charge in [0, 0.05) is 23.5 Å². The number of rotatable bonds is 5. The van der Waals surface area contributed by atoms with E-state index in [9.17, 15) is 26.3 Å². The van der Waals surface area contributed by atoms with Gasteiger partial charge in [0.15, 0.2) is 11.6 Å². The summed E-state index contributed by atoms with van der Waals surface area (Å²) in [5.41, 5.74) is -1.31. The number of alkyl halides is 3. The average molecular weight is 386 g/mol. The molecule has 3 nitrogen and oxygen atoms in total. The van der Waals surface area contributed by atoms with Crippen LogP contribution >= 0.6 is 0 Å². The van der Waals surface area contributed by atoms with Crippen molar-refractivity contribution in [2.75, 3.05) is 0 Å². The van der Waals surface area contributed by atoms with Crippen LogP contribution in [0.2, 0.25) is 0 Å². The summed E-state index contributed by atoms with van der Waals surface area (Å²) in [6.07, 6.45) is -0.171. The van der Waals surface area contributed by atoms with E-state index in [0.29, 0.717) is 12.1 Å². The van der Waals surface area contributed by atoms with E-state index in [0.717, 1.165) is 6.07 Å². The van der Waals surface area contributed by atoms with Gasteiger partial charge in [0.05, 0.1) is 18.4 Å². The van der Waals surface area contributed by atoms with Gasteiger partial charge in [-0.2, -0.15) is 17.6 Å². The van der Waals surface area contributed by atoms with Crippen LogP contribution in [0.25, 0.3) is 0 Å². The normalized spacial score (nSPS) is 11.6. The molecule has 0 amide bonds. The molecule has 0 N–H and O–H groups in total. The van der Waals surface area contributed by atoms with Crippen LogP contribution in [0.4, 0.5) is 26.3 Å². The Bertz CT molecular complexity index is 938. The molecule has 0 unspecified atom stereocenters. The summed E-state index contributed by atoms with van der Waals surface area (Å²) in [6.45, 7) is -0.502. The molecule has 0 bridgehead atoms. The highest BCUT2D eigenvalue weighted by molar-refractivity contribution is 5.32. The highest BCUT2D eigenvalue weighted by Gasteiger charge is 2.31. The first kappa shape index (κ1) is 18.8. The summed E-state index contributed by atoms with van der Waals surface area (Å²) >= 11 is 0. The summed E-state index contributed by atoms with van der Waals surface area (Å²) in [5.74, 6) is -4.02. The van der Waals surface area contributed by atoms with Crippen LogP contribution in [-0.2, 0) is 19.3 Å². The molecule has 27 heavy (non-hydrogen) atoms. The second kappa shape index (κ2) is 7.34. The molecule has 0 aliphatic heterocycles. The van der Waals surface area contributed by atoms with Gasteiger partial charge in [-0.3, -0.25) is 0 Å². The van der Waals surface area contributed by atoms with Crippen molar-refractivity contribution in [2.45, 2.75) is 19.3 Å². The van der Waals surface area contributed by atoms with Crippen molar-refractivity contribution in [2.24, 2.45) is 0 Å². The molecular weight excluding hydrogens is 374 g/mol. The zero-order valence-electron chi connectivity index (χ0n) is 13.6. The molecule has 0 aliphatic carbocycles. The predicted molar refractivity (Wildman–Crippen MR) is 83.4 cm³/mol. The van der Waals surface area contributed by atoms with Gasteiger partial charge in [-0.25, -0.2) is 13.8 Å². The van der Waals surface area contributed by atoms with Crippen molar-refractivity contribution in [1.29, 1.82) is 0 Å². The van der Waals surface area contributed by atoms with Crippen LogP contribution in [0.5, 0.6) is 5.75 Å². The average Bonchev–Trinajstić information content (AvgIpc) is 3.11. The van der Waals surface area contributed by atoms with Gasteiger partial charge in [0.25, 0.3) is 0 Å². The lowest BCUT2D eigenvalue weighted by molar-refractivity contribution is -0.137. The topological polar surface area (TPSA) is 27.1 Å². The molecule has 0 atom stereocenters. The quantitative estimate of drug-likeness (QED) is 0.581. The number of imidazole rings is 1. The lowest BCUT2D eigenvalue weighted by Gasteiger charge is -2.12. The monoisotopic (exact) mass is 386 g/mol. The molecule has 0 saturated heterocycles. The van der Waals surface area contributed by atoms with Crippen molar-refractivity contribution in [3.05, 3.63) is 83.2 Å². The van der Waals surface area contributed by atoms with Gasteiger partial charge in [0.2, 0.25) is 5.82 Å². The highest BCUT2D eigenvalue weighted by atomic mass is 19.4. The van der Waals surface area contributed by atoms with Crippen LogP contribution in [0, 0.1) is 17.5 Å². The van der Waals surface area contributed by atoms with Gasteiger partial charge in [0.1, 0.15) is 12.4 Å². The molecule has 142 valence electrons. The van der Waals surface area contributed by atoms with Gasteiger partial charge in [-0.05, 0) is 18.2 Å². The molecule has 3 rings (SSSR count). The van der Waals surface area contributed by atoms with E-state index in [4.69, 9.17) is 4.74 Å². The zero-order chi connectivity index (χ0) is 19.6. The van der Waals surface area contributed by atoms with E-state index in [1.807, 2.05) is 0 Å². The van der Waals surface area contributed by atoms with Crippen molar-refractivity contribution in [1.82, 2.24) is 9.55 Å². The third kappa shape index (κ3) is 4.24. The molecule has 9 heteroatoms. The Balaban J connectivity index is 1.74. The summed E-state index contributed by atoms with van der Waals surface area (Å²) in [7, 11) is 0. The van der Waals surface area contributed by atoms with E-state index in [1.165, 1.54) is 29.2 Å².